The number of piperidine rings is 1. The van der Waals surface area contributed by atoms with Gasteiger partial charge in [0.05, 0.1) is 0 Å². The first kappa shape index (κ1) is 13.1. The van der Waals surface area contributed by atoms with E-state index in [4.69, 9.17) is 4.42 Å². The second kappa shape index (κ2) is 6.00. The normalized spacial score (nSPS) is 18.6. The number of hydrogen-bond acceptors (Lipinski definition) is 4. The molecule has 5 heteroatoms. The van der Waals surface area contributed by atoms with Crippen molar-refractivity contribution in [2.45, 2.75) is 45.1 Å². The Balaban J connectivity index is 1.98. The van der Waals surface area contributed by atoms with E-state index < -0.39 is 0 Å². The van der Waals surface area contributed by atoms with E-state index in [0.717, 1.165) is 32.4 Å². The van der Waals surface area contributed by atoms with E-state index in [-0.39, 0.29) is 11.9 Å². The molecule has 0 radical (unpaired) electrons. The van der Waals surface area contributed by atoms with Crippen molar-refractivity contribution in [2.75, 3.05) is 13.1 Å². The molecule has 1 aromatic rings. The lowest BCUT2D eigenvalue weighted by Crippen LogP contribution is -2.32. The molecule has 0 aliphatic carbocycles. The average molecular weight is 251 g/mol. The fourth-order valence-electron chi connectivity index (χ4n) is 2.05. The van der Waals surface area contributed by atoms with Crippen LogP contribution in [0.2, 0.25) is 0 Å². The van der Waals surface area contributed by atoms with E-state index in [2.05, 4.69) is 15.6 Å². The first-order chi connectivity index (χ1) is 8.70. The summed E-state index contributed by atoms with van der Waals surface area (Å²) < 4.78 is 5.44. The van der Waals surface area contributed by atoms with Gasteiger partial charge in [0, 0.05) is 12.0 Å². The molecular weight excluding hydrogens is 230 g/mol. The highest BCUT2D eigenvalue weighted by atomic mass is 16.3. The van der Waals surface area contributed by atoms with Gasteiger partial charge in [-0.2, -0.15) is 0 Å². The Kier molecular flexibility index (Phi) is 4.36. The topological polar surface area (TPSA) is 67.2 Å². The summed E-state index contributed by atoms with van der Waals surface area (Å²) in [5, 5.41) is 6.19. The fraction of sp³-hybridized carbons (Fsp3) is 0.692. The fourth-order valence-corrected chi connectivity index (χ4v) is 2.05. The number of nitrogens with one attached hydrogen (secondary N) is 2. The van der Waals surface area contributed by atoms with Gasteiger partial charge in [-0.25, -0.2) is 4.98 Å². The summed E-state index contributed by atoms with van der Waals surface area (Å²) >= 11 is 0. The molecule has 0 bridgehead atoms. The number of carbonyl (C=O) groups excluding carboxylic acids is 1. The number of hydrogen-bond donors (Lipinski definition) is 2. The van der Waals surface area contributed by atoms with Crippen LogP contribution in [-0.4, -0.2) is 30.0 Å². The van der Waals surface area contributed by atoms with Crippen LogP contribution in [0.3, 0.4) is 0 Å². The van der Waals surface area contributed by atoms with Crippen molar-refractivity contribution in [3.05, 3.63) is 17.8 Å². The van der Waals surface area contributed by atoms with Gasteiger partial charge in [-0.3, -0.25) is 4.79 Å². The smallest absolute Gasteiger partial charge is 0.273 e. The summed E-state index contributed by atoms with van der Waals surface area (Å²) in [5.41, 5.74) is 0.392. The van der Waals surface area contributed by atoms with Crippen molar-refractivity contribution in [1.82, 2.24) is 15.6 Å². The lowest BCUT2D eigenvalue weighted by molar-refractivity contribution is 0.0934. The highest BCUT2D eigenvalue weighted by molar-refractivity contribution is 5.92. The molecule has 2 heterocycles. The van der Waals surface area contributed by atoms with Crippen molar-refractivity contribution >= 4 is 5.91 Å². The van der Waals surface area contributed by atoms with Crippen LogP contribution in [0.15, 0.2) is 10.7 Å². The molecule has 100 valence electrons. The molecule has 1 aliphatic rings. The van der Waals surface area contributed by atoms with Crippen molar-refractivity contribution in [1.29, 1.82) is 0 Å². The third-order valence-electron chi connectivity index (χ3n) is 3.43. The SMILES string of the molecule is CCC(C)NC(=O)c1coc(C2CCNCC2)n1. The molecule has 2 rings (SSSR count). The number of nitrogens with zero attached hydrogens (tertiary/aromatic N) is 1. The summed E-state index contributed by atoms with van der Waals surface area (Å²) in [5.74, 6) is 0.899. The molecule has 2 N–H and O–H groups in total. The zero-order valence-corrected chi connectivity index (χ0v) is 11.0. The molecule has 1 saturated heterocycles. The van der Waals surface area contributed by atoms with Crippen LogP contribution in [-0.2, 0) is 0 Å². The first-order valence-electron chi connectivity index (χ1n) is 6.67. The van der Waals surface area contributed by atoms with E-state index in [0.29, 0.717) is 17.5 Å². The second-order valence-corrected chi connectivity index (χ2v) is 4.88. The number of amides is 1. The minimum atomic E-state index is -0.145. The molecule has 1 aliphatic heterocycles. The van der Waals surface area contributed by atoms with E-state index in [9.17, 15) is 4.79 Å². The maximum absolute atomic E-state index is 11.9. The van der Waals surface area contributed by atoms with Gasteiger partial charge in [0.15, 0.2) is 11.6 Å². The highest BCUT2D eigenvalue weighted by Crippen LogP contribution is 2.24. The third-order valence-corrected chi connectivity index (χ3v) is 3.43. The van der Waals surface area contributed by atoms with Gasteiger partial charge >= 0.3 is 0 Å². The Morgan fingerprint density at radius 1 is 1.61 bits per heavy atom. The molecule has 1 amide bonds. The molecule has 1 unspecified atom stereocenters. The van der Waals surface area contributed by atoms with Crippen molar-refractivity contribution in [3.8, 4) is 0 Å². The third kappa shape index (κ3) is 3.10. The first-order valence-corrected chi connectivity index (χ1v) is 6.67. The van der Waals surface area contributed by atoms with Gasteiger partial charge in [-0.05, 0) is 39.3 Å². The maximum atomic E-state index is 11.9. The Bertz CT molecular complexity index is 397. The van der Waals surface area contributed by atoms with Crippen LogP contribution < -0.4 is 10.6 Å². The lowest BCUT2D eigenvalue weighted by atomic mass is 9.98. The number of oxazole rings is 1. The van der Waals surface area contributed by atoms with Crippen LogP contribution in [0.25, 0.3) is 0 Å². The molecule has 1 aromatic heterocycles. The van der Waals surface area contributed by atoms with Gasteiger partial charge in [-0.15, -0.1) is 0 Å². The number of rotatable bonds is 4. The molecule has 18 heavy (non-hydrogen) atoms. The summed E-state index contributed by atoms with van der Waals surface area (Å²) in [7, 11) is 0. The zero-order chi connectivity index (χ0) is 13.0. The average Bonchev–Trinajstić information content (AvgIpc) is 2.89. The van der Waals surface area contributed by atoms with Crippen LogP contribution in [0.1, 0.15) is 55.4 Å². The lowest BCUT2D eigenvalue weighted by Gasteiger charge is -2.19. The van der Waals surface area contributed by atoms with Crippen molar-refractivity contribution in [3.63, 3.8) is 0 Å². The van der Waals surface area contributed by atoms with Crippen LogP contribution >= 0.6 is 0 Å². The molecule has 1 fully saturated rings. The van der Waals surface area contributed by atoms with Gasteiger partial charge < -0.3 is 15.1 Å². The summed E-state index contributed by atoms with van der Waals surface area (Å²) in [4.78, 5) is 16.2. The molecule has 0 saturated carbocycles. The maximum Gasteiger partial charge on any atom is 0.273 e. The molecule has 0 aromatic carbocycles. The molecule has 5 nitrogen and oxygen atoms in total. The predicted octanol–water partition coefficient (Wildman–Crippen LogP) is 1.67. The number of carbonyl (C=O) groups is 1. The summed E-state index contributed by atoms with van der Waals surface area (Å²) in [6.07, 6.45) is 4.42. The quantitative estimate of drug-likeness (QED) is 0.854. The molecular formula is C13H21N3O2. The van der Waals surface area contributed by atoms with Gasteiger partial charge in [0.2, 0.25) is 0 Å². The van der Waals surface area contributed by atoms with E-state index in [1.807, 2.05) is 13.8 Å². The van der Waals surface area contributed by atoms with Gasteiger partial charge in [0.25, 0.3) is 5.91 Å². The monoisotopic (exact) mass is 251 g/mol. The Morgan fingerprint density at radius 2 is 2.33 bits per heavy atom. The minimum absolute atomic E-state index is 0.145. The van der Waals surface area contributed by atoms with Crippen molar-refractivity contribution < 1.29 is 9.21 Å². The van der Waals surface area contributed by atoms with Gasteiger partial charge in [-0.1, -0.05) is 6.92 Å². The van der Waals surface area contributed by atoms with Crippen LogP contribution in [0.5, 0.6) is 0 Å². The van der Waals surface area contributed by atoms with Crippen molar-refractivity contribution in [2.24, 2.45) is 0 Å². The Hall–Kier alpha value is -1.36. The predicted molar refractivity (Wildman–Crippen MR) is 68.6 cm³/mol. The Morgan fingerprint density at radius 3 is 3.00 bits per heavy atom. The zero-order valence-electron chi connectivity index (χ0n) is 11.0. The van der Waals surface area contributed by atoms with E-state index in [1.165, 1.54) is 6.26 Å². The molecule has 1 atom stereocenters. The van der Waals surface area contributed by atoms with Crippen LogP contribution in [0.4, 0.5) is 0 Å². The van der Waals surface area contributed by atoms with Crippen LogP contribution in [0, 0.1) is 0 Å². The highest BCUT2D eigenvalue weighted by Gasteiger charge is 2.22. The summed E-state index contributed by atoms with van der Waals surface area (Å²) in [6.45, 7) is 5.99. The Labute approximate surface area is 107 Å². The van der Waals surface area contributed by atoms with Gasteiger partial charge in [0.1, 0.15) is 6.26 Å². The number of aromatic nitrogens is 1. The molecule has 0 spiro atoms. The summed E-state index contributed by atoms with van der Waals surface area (Å²) in [6, 6.07) is 0.163. The largest absolute Gasteiger partial charge is 0.448 e. The standard InChI is InChI=1S/C13H21N3O2/c1-3-9(2)15-12(17)11-8-18-13(16-11)10-4-6-14-7-5-10/h8-10,14H,3-7H2,1-2H3,(H,15,17). The second-order valence-electron chi connectivity index (χ2n) is 4.88. The minimum Gasteiger partial charge on any atom is -0.448 e. The van der Waals surface area contributed by atoms with E-state index in [1.54, 1.807) is 0 Å². The van der Waals surface area contributed by atoms with E-state index >= 15 is 0 Å².